The van der Waals surface area contributed by atoms with Gasteiger partial charge in [-0.3, -0.25) is 4.79 Å². The van der Waals surface area contributed by atoms with Crippen LogP contribution < -0.4 is 0 Å². The van der Waals surface area contributed by atoms with Crippen LogP contribution >= 0.6 is 0 Å². The highest BCUT2D eigenvalue weighted by molar-refractivity contribution is 5.99. The van der Waals surface area contributed by atoms with Crippen LogP contribution in [0.5, 0.6) is 0 Å². The number of carbonyl (C=O) groups excluding carboxylic acids is 1. The second kappa shape index (κ2) is 6.33. The van der Waals surface area contributed by atoms with E-state index in [2.05, 4.69) is 22.2 Å². The van der Waals surface area contributed by atoms with E-state index in [-0.39, 0.29) is 11.6 Å². The number of pyridine rings is 1. The van der Waals surface area contributed by atoms with Gasteiger partial charge in [0.2, 0.25) is 5.95 Å². The molecule has 0 atom stereocenters. The van der Waals surface area contributed by atoms with Crippen molar-refractivity contribution in [2.75, 3.05) is 6.54 Å². The smallest absolute Gasteiger partial charge is 0.254 e. The quantitative estimate of drug-likeness (QED) is 0.678. The van der Waals surface area contributed by atoms with E-state index in [1.807, 2.05) is 30.0 Å². The van der Waals surface area contributed by atoms with Gasteiger partial charge in [-0.25, -0.2) is 9.67 Å². The van der Waals surface area contributed by atoms with Gasteiger partial charge in [-0.15, -0.1) is 5.10 Å². The molecule has 0 unspecified atom stereocenters. The van der Waals surface area contributed by atoms with Crippen LogP contribution in [0.2, 0.25) is 0 Å². The molecule has 0 radical (unpaired) electrons. The van der Waals surface area contributed by atoms with Gasteiger partial charge in [0.1, 0.15) is 11.4 Å². The monoisotopic (exact) mass is 350 g/mol. The Hall–Kier alpha value is -3.09. The minimum atomic E-state index is -0.596. The number of amides is 1. The molecule has 1 aliphatic rings. The number of hydrogen-bond donors (Lipinski definition) is 0. The molecule has 0 aliphatic carbocycles. The molecule has 26 heavy (non-hydrogen) atoms. The second-order valence-electron chi connectivity index (χ2n) is 6.35. The summed E-state index contributed by atoms with van der Waals surface area (Å²) in [6, 6.07) is 8.95. The van der Waals surface area contributed by atoms with E-state index in [1.165, 1.54) is 10.9 Å². The van der Waals surface area contributed by atoms with Crippen LogP contribution in [-0.4, -0.2) is 37.3 Å². The molecule has 0 saturated carbocycles. The number of carbonyl (C=O) groups is 1. The Labute approximate surface area is 150 Å². The Balaban J connectivity index is 1.72. The SMILES string of the molecule is CCCN1Cc2cc(-c3nnn(-c4cccnc4[18F])c3C)ccc2C1=O. The van der Waals surface area contributed by atoms with Crippen molar-refractivity contribution in [1.29, 1.82) is 0 Å². The maximum absolute atomic E-state index is 14.0. The van der Waals surface area contributed by atoms with E-state index < -0.39 is 5.95 Å². The lowest BCUT2D eigenvalue weighted by atomic mass is 10.0. The predicted molar refractivity (Wildman–Crippen MR) is 94.3 cm³/mol. The minimum absolute atomic E-state index is 0.0752. The summed E-state index contributed by atoms with van der Waals surface area (Å²) in [7, 11) is 0. The van der Waals surface area contributed by atoms with Gasteiger partial charge in [0.25, 0.3) is 5.91 Å². The normalized spacial score (nSPS) is 13.3. The third-order valence-electron chi connectivity index (χ3n) is 4.61. The van der Waals surface area contributed by atoms with Gasteiger partial charge in [0.15, 0.2) is 0 Å². The summed E-state index contributed by atoms with van der Waals surface area (Å²) in [5, 5.41) is 8.31. The zero-order chi connectivity index (χ0) is 18.3. The first-order chi connectivity index (χ1) is 12.6. The first-order valence-electron chi connectivity index (χ1n) is 8.56. The molecule has 0 bridgehead atoms. The summed E-state index contributed by atoms with van der Waals surface area (Å²) in [6.45, 7) is 5.25. The van der Waals surface area contributed by atoms with Crippen LogP contribution in [0.15, 0.2) is 36.5 Å². The summed E-state index contributed by atoms with van der Waals surface area (Å²) < 4.78 is 15.4. The van der Waals surface area contributed by atoms with Crippen LogP contribution in [0.1, 0.15) is 35.0 Å². The molecule has 132 valence electrons. The average Bonchev–Trinajstić information content (AvgIpc) is 3.16. The molecule has 0 saturated heterocycles. The minimum Gasteiger partial charge on any atom is -0.334 e. The van der Waals surface area contributed by atoms with Gasteiger partial charge >= 0.3 is 0 Å². The Morgan fingerprint density at radius 3 is 2.88 bits per heavy atom. The van der Waals surface area contributed by atoms with E-state index in [4.69, 9.17) is 0 Å². The summed E-state index contributed by atoms with van der Waals surface area (Å²) in [6.07, 6.45) is 2.32. The third-order valence-corrected chi connectivity index (χ3v) is 4.61. The van der Waals surface area contributed by atoms with E-state index >= 15 is 0 Å². The molecule has 1 aromatic carbocycles. The van der Waals surface area contributed by atoms with Crippen LogP contribution in [0.4, 0.5) is 4.39 Å². The van der Waals surface area contributed by atoms with Crippen LogP contribution in [0.3, 0.4) is 0 Å². The highest BCUT2D eigenvalue weighted by Crippen LogP contribution is 2.29. The Morgan fingerprint density at radius 1 is 1.27 bits per heavy atom. The van der Waals surface area contributed by atoms with Gasteiger partial charge in [-0.05, 0) is 43.2 Å². The number of fused-ring (bicyclic) bond motifs is 1. The number of halogens is 1. The van der Waals surface area contributed by atoms with E-state index in [0.717, 1.165) is 29.7 Å². The maximum atomic E-state index is 14.0. The molecule has 0 N–H and O–H groups in total. The number of hydrogen-bond acceptors (Lipinski definition) is 4. The van der Waals surface area contributed by atoms with Gasteiger partial charge in [-0.2, -0.15) is 4.39 Å². The molecule has 7 heteroatoms. The number of aromatic nitrogens is 4. The van der Waals surface area contributed by atoms with Crippen molar-refractivity contribution >= 4 is 5.91 Å². The molecule has 0 fully saturated rings. The van der Waals surface area contributed by atoms with Crippen molar-refractivity contribution in [3.05, 3.63) is 59.3 Å². The Morgan fingerprint density at radius 2 is 2.12 bits per heavy atom. The van der Waals surface area contributed by atoms with Crippen LogP contribution in [0, 0.1) is 12.9 Å². The zero-order valence-corrected chi connectivity index (χ0v) is 14.6. The molecule has 3 aromatic rings. The van der Waals surface area contributed by atoms with E-state index in [1.54, 1.807) is 12.1 Å². The average molecular weight is 350 g/mol. The standard InChI is InChI=1S/C19H18FN5O/c1-3-9-24-11-14-10-13(6-7-15(14)19(24)26)17-12(2)25(23-22-17)16-5-4-8-21-18(16)20/h4-8,10H,3,9,11H2,1-2H3/i20-1. The highest BCUT2D eigenvalue weighted by Gasteiger charge is 2.27. The molecule has 0 spiro atoms. The summed E-state index contributed by atoms with van der Waals surface area (Å²) >= 11 is 0. The largest absolute Gasteiger partial charge is 0.334 e. The second-order valence-corrected chi connectivity index (χ2v) is 6.35. The molecule has 3 heterocycles. The van der Waals surface area contributed by atoms with Crippen LogP contribution in [0.25, 0.3) is 16.9 Å². The van der Waals surface area contributed by atoms with E-state index in [9.17, 15) is 9.18 Å². The van der Waals surface area contributed by atoms with Gasteiger partial charge in [-0.1, -0.05) is 18.2 Å². The Bertz CT molecular complexity index is 997. The predicted octanol–water partition coefficient (Wildman–Crippen LogP) is 3.14. The van der Waals surface area contributed by atoms with Gasteiger partial charge < -0.3 is 4.90 Å². The van der Waals surface area contributed by atoms with Crippen molar-refractivity contribution in [3.8, 4) is 16.9 Å². The first kappa shape index (κ1) is 16.4. The van der Waals surface area contributed by atoms with Crippen molar-refractivity contribution in [2.45, 2.75) is 26.8 Å². The van der Waals surface area contributed by atoms with Crippen molar-refractivity contribution in [2.24, 2.45) is 0 Å². The fraction of sp³-hybridized carbons (Fsp3) is 0.263. The molecule has 1 amide bonds. The topological polar surface area (TPSA) is 63.9 Å². The lowest BCUT2D eigenvalue weighted by Crippen LogP contribution is -2.24. The fourth-order valence-electron chi connectivity index (χ4n) is 3.34. The van der Waals surface area contributed by atoms with Crippen LogP contribution in [-0.2, 0) is 6.54 Å². The molecule has 1 aliphatic heterocycles. The fourth-order valence-corrected chi connectivity index (χ4v) is 3.34. The summed E-state index contributed by atoms with van der Waals surface area (Å²) in [4.78, 5) is 17.9. The zero-order valence-electron chi connectivity index (χ0n) is 14.6. The van der Waals surface area contributed by atoms with E-state index in [0.29, 0.717) is 17.9 Å². The Kier molecular flexibility index (Phi) is 3.99. The highest BCUT2D eigenvalue weighted by atomic mass is 18.2. The van der Waals surface area contributed by atoms with Crippen molar-refractivity contribution < 1.29 is 9.18 Å². The summed E-state index contributed by atoms with van der Waals surface area (Å²) in [5.41, 5.74) is 4.23. The third kappa shape index (κ3) is 2.56. The first-order valence-corrected chi connectivity index (χ1v) is 8.56. The van der Waals surface area contributed by atoms with Gasteiger partial charge in [0, 0.05) is 30.4 Å². The number of nitrogens with zero attached hydrogens (tertiary/aromatic N) is 5. The lowest BCUT2D eigenvalue weighted by Gasteiger charge is -2.13. The molecule has 6 nitrogen and oxygen atoms in total. The molecule has 2 aromatic heterocycles. The van der Waals surface area contributed by atoms with Crippen molar-refractivity contribution in [1.82, 2.24) is 24.9 Å². The maximum Gasteiger partial charge on any atom is 0.254 e. The number of rotatable bonds is 4. The van der Waals surface area contributed by atoms with Crippen molar-refractivity contribution in [3.63, 3.8) is 0 Å². The molecular formula is C19H18FN5O. The molecular weight excluding hydrogens is 332 g/mol. The molecule has 4 rings (SSSR count). The summed E-state index contributed by atoms with van der Waals surface area (Å²) in [5.74, 6) is -0.520. The number of benzene rings is 1. The lowest BCUT2D eigenvalue weighted by molar-refractivity contribution is 0.0778. The van der Waals surface area contributed by atoms with Gasteiger partial charge in [0.05, 0.1) is 5.69 Å².